The van der Waals surface area contributed by atoms with Gasteiger partial charge in [-0.15, -0.1) is 0 Å². The first-order valence-electron chi connectivity index (χ1n) is 24.5. The molecule has 2 aliphatic heterocycles. The molecule has 0 spiro atoms. The molecule has 11 aromatic rings. The molecule has 2 aliphatic carbocycles. The molecule has 10 aromatic carbocycles. The summed E-state index contributed by atoms with van der Waals surface area (Å²) in [5.41, 5.74) is 25.3. The van der Waals surface area contributed by atoms with Crippen LogP contribution in [0.3, 0.4) is 0 Å². The number of para-hydroxylation sites is 1. The zero-order valence-electron chi connectivity index (χ0n) is 38.0. The molecule has 3 heteroatoms. The summed E-state index contributed by atoms with van der Waals surface area (Å²) >= 11 is 0. The first-order valence-corrected chi connectivity index (χ1v) is 24.5. The van der Waals surface area contributed by atoms with Crippen LogP contribution in [-0.2, 0) is 12.8 Å². The molecule has 0 saturated heterocycles. The minimum absolute atomic E-state index is 0.204. The number of anilines is 4. The standard InChI is InChI=1S/C66H46N2O/c1-4-14-41(15-5-1)49-32-50(42-16-6-2-7-17-42)34-52(33-49)68-62-29-25-44(36-56(62)60-40-48-19-11-13-23-54(48)66(60)68)46-27-31-64-58(38-46)57-37-45(26-30-63(57)69-64)43-24-28-61-55(35-43)59-39-47-18-10-12-22-53(47)65(59)67(61)51-20-8-3-9-21-51/h1-38,59-60,65-66H,39-40H2. The van der Waals surface area contributed by atoms with Gasteiger partial charge in [-0.1, -0.05) is 152 Å². The van der Waals surface area contributed by atoms with Crippen LogP contribution in [0.25, 0.3) is 66.4 Å². The fourth-order valence-electron chi connectivity index (χ4n) is 12.8. The van der Waals surface area contributed by atoms with Gasteiger partial charge in [0.25, 0.3) is 0 Å². The van der Waals surface area contributed by atoms with Gasteiger partial charge in [-0.3, -0.25) is 0 Å². The number of fused-ring (bicyclic) bond motifs is 13. The lowest BCUT2D eigenvalue weighted by Gasteiger charge is -2.29. The predicted octanol–water partition coefficient (Wildman–Crippen LogP) is 17.3. The van der Waals surface area contributed by atoms with Crippen molar-refractivity contribution < 1.29 is 4.42 Å². The first kappa shape index (κ1) is 38.7. The second-order valence-electron chi connectivity index (χ2n) is 19.6. The molecular formula is C66H46N2O. The van der Waals surface area contributed by atoms with Gasteiger partial charge >= 0.3 is 0 Å². The summed E-state index contributed by atoms with van der Waals surface area (Å²) in [7, 11) is 0. The summed E-state index contributed by atoms with van der Waals surface area (Å²) in [5, 5.41) is 2.29. The first-order chi connectivity index (χ1) is 34.2. The largest absolute Gasteiger partial charge is 0.456 e. The lowest BCUT2D eigenvalue weighted by Crippen LogP contribution is -2.19. The van der Waals surface area contributed by atoms with E-state index in [0.29, 0.717) is 17.9 Å². The van der Waals surface area contributed by atoms with Crippen LogP contribution >= 0.6 is 0 Å². The van der Waals surface area contributed by atoms with E-state index in [-0.39, 0.29) is 6.04 Å². The highest BCUT2D eigenvalue weighted by Gasteiger charge is 2.47. The molecule has 0 bridgehead atoms. The second-order valence-corrected chi connectivity index (χ2v) is 19.6. The molecule has 3 nitrogen and oxygen atoms in total. The van der Waals surface area contributed by atoms with Crippen LogP contribution in [-0.4, -0.2) is 0 Å². The summed E-state index contributed by atoms with van der Waals surface area (Å²) in [4.78, 5) is 5.23. The fourth-order valence-corrected chi connectivity index (χ4v) is 12.8. The van der Waals surface area contributed by atoms with Crippen molar-refractivity contribution in [2.24, 2.45) is 0 Å². The average Bonchev–Trinajstić information content (AvgIpc) is 4.23. The van der Waals surface area contributed by atoms with E-state index in [1.165, 1.54) is 101 Å². The Balaban J connectivity index is 0.820. The smallest absolute Gasteiger partial charge is 0.135 e. The maximum absolute atomic E-state index is 6.56. The van der Waals surface area contributed by atoms with Crippen molar-refractivity contribution in [3.8, 4) is 44.5 Å². The third kappa shape index (κ3) is 6.00. The quantitative estimate of drug-likeness (QED) is 0.166. The Morgan fingerprint density at radius 1 is 0.304 bits per heavy atom. The Hall–Kier alpha value is -8.40. The van der Waals surface area contributed by atoms with Gasteiger partial charge in [0, 0.05) is 45.4 Å². The van der Waals surface area contributed by atoms with Crippen molar-refractivity contribution in [2.75, 3.05) is 9.80 Å². The molecule has 326 valence electrons. The maximum atomic E-state index is 6.56. The number of benzene rings is 10. The van der Waals surface area contributed by atoms with Crippen LogP contribution in [0.15, 0.2) is 235 Å². The number of hydrogen-bond donors (Lipinski definition) is 0. The van der Waals surface area contributed by atoms with Crippen molar-refractivity contribution in [2.45, 2.75) is 36.8 Å². The second kappa shape index (κ2) is 15.1. The van der Waals surface area contributed by atoms with E-state index >= 15 is 0 Å². The van der Waals surface area contributed by atoms with E-state index < -0.39 is 0 Å². The van der Waals surface area contributed by atoms with Crippen LogP contribution in [0.1, 0.15) is 57.3 Å². The predicted molar refractivity (Wildman–Crippen MR) is 284 cm³/mol. The number of nitrogens with zero attached hydrogens (tertiary/aromatic N) is 2. The van der Waals surface area contributed by atoms with E-state index in [2.05, 4.69) is 240 Å². The summed E-state index contributed by atoms with van der Waals surface area (Å²) in [6.07, 6.45) is 2.08. The number of furan rings is 1. The third-order valence-corrected chi connectivity index (χ3v) is 15.9. The van der Waals surface area contributed by atoms with Crippen LogP contribution in [0.2, 0.25) is 0 Å². The highest BCUT2D eigenvalue weighted by atomic mass is 16.3. The normalized spacial score (nSPS) is 18.3. The highest BCUT2D eigenvalue weighted by Crippen LogP contribution is 2.60. The Labute approximate surface area is 402 Å². The van der Waals surface area contributed by atoms with Gasteiger partial charge < -0.3 is 14.2 Å². The lowest BCUT2D eigenvalue weighted by atomic mass is 9.92. The molecule has 4 atom stereocenters. The van der Waals surface area contributed by atoms with Crippen molar-refractivity contribution in [3.05, 3.63) is 264 Å². The fraction of sp³-hybridized carbons (Fsp3) is 0.0909. The van der Waals surface area contributed by atoms with Crippen molar-refractivity contribution in [3.63, 3.8) is 0 Å². The van der Waals surface area contributed by atoms with Gasteiger partial charge in [0.1, 0.15) is 11.2 Å². The zero-order chi connectivity index (χ0) is 45.2. The van der Waals surface area contributed by atoms with E-state index in [4.69, 9.17) is 4.42 Å². The number of rotatable bonds is 6. The van der Waals surface area contributed by atoms with Gasteiger partial charge in [0.15, 0.2) is 0 Å². The Morgan fingerprint density at radius 3 is 1.23 bits per heavy atom. The molecule has 1 aromatic heterocycles. The van der Waals surface area contributed by atoms with E-state index in [1.54, 1.807) is 0 Å². The summed E-state index contributed by atoms with van der Waals surface area (Å²) in [6, 6.07) is 86.3. The van der Waals surface area contributed by atoms with Crippen LogP contribution in [0.5, 0.6) is 0 Å². The van der Waals surface area contributed by atoms with E-state index in [0.717, 1.165) is 34.8 Å². The number of hydrogen-bond acceptors (Lipinski definition) is 3. The van der Waals surface area contributed by atoms with Gasteiger partial charge in [-0.05, 0) is 170 Å². The van der Waals surface area contributed by atoms with Crippen LogP contribution < -0.4 is 9.80 Å². The van der Waals surface area contributed by atoms with E-state index in [1.807, 2.05) is 0 Å². The summed E-state index contributed by atoms with van der Waals surface area (Å²) < 4.78 is 6.56. The molecule has 0 radical (unpaired) electrons. The molecule has 4 aliphatic rings. The molecule has 3 heterocycles. The van der Waals surface area contributed by atoms with E-state index in [9.17, 15) is 0 Å². The molecule has 15 rings (SSSR count). The molecule has 4 unspecified atom stereocenters. The van der Waals surface area contributed by atoms with Gasteiger partial charge in [0.05, 0.1) is 12.1 Å². The molecule has 0 amide bonds. The van der Waals surface area contributed by atoms with Crippen molar-refractivity contribution >= 4 is 44.7 Å². The lowest BCUT2D eigenvalue weighted by molar-refractivity contribution is 0.633. The molecular weight excluding hydrogens is 837 g/mol. The van der Waals surface area contributed by atoms with Crippen molar-refractivity contribution in [1.82, 2.24) is 0 Å². The van der Waals surface area contributed by atoms with Gasteiger partial charge in [-0.2, -0.15) is 0 Å². The van der Waals surface area contributed by atoms with Crippen LogP contribution in [0, 0.1) is 0 Å². The molecule has 0 fully saturated rings. The zero-order valence-corrected chi connectivity index (χ0v) is 38.0. The average molecular weight is 883 g/mol. The van der Waals surface area contributed by atoms with Crippen molar-refractivity contribution in [1.29, 1.82) is 0 Å². The maximum Gasteiger partial charge on any atom is 0.135 e. The third-order valence-electron chi connectivity index (χ3n) is 15.9. The monoisotopic (exact) mass is 882 g/mol. The topological polar surface area (TPSA) is 19.6 Å². The Bertz CT molecular complexity index is 3780. The Morgan fingerprint density at radius 2 is 0.725 bits per heavy atom. The molecule has 0 N–H and O–H groups in total. The minimum Gasteiger partial charge on any atom is -0.456 e. The molecule has 69 heavy (non-hydrogen) atoms. The Kier molecular flexibility index (Phi) is 8.44. The molecule has 0 saturated carbocycles. The van der Waals surface area contributed by atoms with Crippen LogP contribution in [0.4, 0.5) is 22.7 Å². The summed E-state index contributed by atoms with van der Waals surface area (Å²) in [6.45, 7) is 0. The van der Waals surface area contributed by atoms with Gasteiger partial charge in [0.2, 0.25) is 0 Å². The summed E-state index contributed by atoms with van der Waals surface area (Å²) in [5.74, 6) is 0.734. The van der Waals surface area contributed by atoms with Gasteiger partial charge in [-0.25, -0.2) is 0 Å². The SMILES string of the molecule is c1ccc(-c2cc(-c3ccccc3)cc(N3c4ccc(-c5ccc6oc7ccc(-c8ccc9c(c8)C8Cc%10ccccc%10C8N9c8ccccc8)cc7c6c5)cc4C4Cc5ccccc5C43)c2)cc1. The highest BCUT2D eigenvalue weighted by molar-refractivity contribution is 6.08. The minimum atomic E-state index is 0.204.